The second-order valence-corrected chi connectivity index (χ2v) is 2.39. The second kappa shape index (κ2) is 6.34. The third-order valence-electron chi connectivity index (χ3n) is 1.41. The minimum Gasteiger partial charge on any atom is -1.00 e. The van der Waals surface area contributed by atoms with Gasteiger partial charge in [0.05, 0.1) is 0 Å². The Hall–Kier alpha value is -1.17. The van der Waals surface area contributed by atoms with Crippen molar-refractivity contribution in [2.45, 2.75) is 0 Å². The number of hydrogen-bond acceptors (Lipinski definition) is 4. The average Bonchev–Trinajstić information content (AvgIpc) is 2.19. The summed E-state index contributed by atoms with van der Waals surface area (Å²) in [5.41, 5.74) is 0.349. The molecule has 1 aromatic carbocycles. The minimum absolute atomic E-state index is 0. The molecule has 0 fully saturated rings. The zero-order valence-corrected chi connectivity index (χ0v) is 10.1. The molecule has 2 N–H and O–H groups in total. The Morgan fingerprint density at radius 3 is 2.27 bits per heavy atom. The third kappa shape index (κ3) is 4.24. The molecule has 0 unspecified atom stereocenters. The Morgan fingerprint density at radius 1 is 1.27 bits per heavy atom. The Labute approximate surface area is 109 Å². The van der Waals surface area contributed by atoms with Crippen LogP contribution >= 0.6 is 0 Å². The number of carboxylic acid groups (broad SMARTS) is 1. The maximum absolute atomic E-state index is 10.6. The van der Waals surface area contributed by atoms with Gasteiger partial charge in [-0.2, -0.15) is 0 Å². The number of esters is 1. The maximum Gasteiger partial charge on any atom is 1.00 e. The van der Waals surface area contributed by atoms with Crippen molar-refractivity contribution < 1.29 is 50.4 Å². The first-order chi connectivity index (χ1) is 6.61. The average molecular weight is 217 g/mol. The standard InChI is InChI=1S/C9H7NO4.Na.H/c10-7(14-9(13)8(11)12)6-4-2-1-3-5-6;;/h1-5,10H,(H,11,12);;/q;+1;-1. The normalized spacial score (nSPS) is 8.53. The SMILES string of the molecule is N=C(OC(=O)C(=O)O)c1ccccc1.[H-].[Na+]. The molecule has 1 aromatic rings. The van der Waals surface area contributed by atoms with E-state index in [-0.39, 0.29) is 31.0 Å². The van der Waals surface area contributed by atoms with E-state index in [0.717, 1.165) is 0 Å². The van der Waals surface area contributed by atoms with Crippen LogP contribution in [0.4, 0.5) is 0 Å². The molecule has 0 bridgehead atoms. The predicted octanol–water partition coefficient (Wildman–Crippen LogP) is -2.24. The van der Waals surface area contributed by atoms with Gasteiger partial charge in [-0.15, -0.1) is 0 Å². The largest absolute Gasteiger partial charge is 1.00 e. The van der Waals surface area contributed by atoms with Gasteiger partial charge >= 0.3 is 41.5 Å². The molecule has 0 aliphatic rings. The van der Waals surface area contributed by atoms with Crippen LogP contribution in [0.3, 0.4) is 0 Å². The van der Waals surface area contributed by atoms with Gasteiger partial charge in [0.25, 0.3) is 0 Å². The summed E-state index contributed by atoms with van der Waals surface area (Å²) in [7, 11) is 0. The molecule has 0 saturated carbocycles. The van der Waals surface area contributed by atoms with Crippen LogP contribution in [-0.2, 0) is 14.3 Å². The van der Waals surface area contributed by atoms with Crippen LogP contribution in [0.5, 0.6) is 0 Å². The molecule has 6 heteroatoms. The Balaban J connectivity index is 0. The van der Waals surface area contributed by atoms with Gasteiger partial charge in [0, 0.05) is 5.56 Å². The third-order valence-corrected chi connectivity index (χ3v) is 1.41. The number of rotatable bonds is 1. The van der Waals surface area contributed by atoms with E-state index in [1.807, 2.05) is 0 Å². The molecule has 0 saturated heterocycles. The first-order valence-electron chi connectivity index (χ1n) is 3.70. The number of carbonyl (C=O) groups excluding carboxylic acids is 1. The van der Waals surface area contributed by atoms with Crippen molar-refractivity contribution in [3.05, 3.63) is 35.9 Å². The van der Waals surface area contributed by atoms with Gasteiger partial charge in [-0.05, 0) is 12.1 Å². The van der Waals surface area contributed by atoms with E-state index in [1.165, 1.54) is 12.1 Å². The smallest absolute Gasteiger partial charge is 1.00 e. The van der Waals surface area contributed by atoms with Crippen LogP contribution in [0.15, 0.2) is 30.3 Å². The van der Waals surface area contributed by atoms with Gasteiger partial charge < -0.3 is 11.3 Å². The summed E-state index contributed by atoms with van der Waals surface area (Å²) in [5.74, 6) is -3.65. The van der Waals surface area contributed by atoms with Gasteiger partial charge in [-0.1, -0.05) is 18.2 Å². The molecule has 0 spiro atoms. The van der Waals surface area contributed by atoms with E-state index in [9.17, 15) is 9.59 Å². The molecule has 0 aliphatic heterocycles. The van der Waals surface area contributed by atoms with Crippen molar-refractivity contribution in [3.8, 4) is 0 Å². The first kappa shape index (κ1) is 13.8. The Bertz CT molecular complexity index is 382. The monoisotopic (exact) mass is 217 g/mol. The summed E-state index contributed by atoms with van der Waals surface area (Å²) in [5, 5.41) is 15.5. The van der Waals surface area contributed by atoms with E-state index in [0.29, 0.717) is 5.56 Å². The summed E-state index contributed by atoms with van der Waals surface area (Å²) in [4.78, 5) is 20.7. The number of hydrogen-bond donors (Lipinski definition) is 2. The fourth-order valence-corrected chi connectivity index (χ4v) is 0.785. The zero-order chi connectivity index (χ0) is 10.6. The molecular formula is C9H8NNaO4. The van der Waals surface area contributed by atoms with Crippen molar-refractivity contribution in [1.82, 2.24) is 0 Å². The number of ether oxygens (including phenoxy) is 1. The van der Waals surface area contributed by atoms with Crippen molar-refractivity contribution in [1.29, 1.82) is 5.41 Å². The van der Waals surface area contributed by atoms with Gasteiger partial charge in [0.2, 0.25) is 5.90 Å². The van der Waals surface area contributed by atoms with Gasteiger partial charge in [-0.25, -0.2) is 9.59 Å². The van der Waals surface area contributed by atoms with E-state index in [1.54, 1.807) is 18.2 Å². The molecule has 15 heavy (non-hydrogen) atoms. The van der Waals surface area contributed by atoms with E-state index in [4.69, 9.17) is 10.5 Å². The van der Waals surface area contributed by atoms with Crippen LogP contribution in [0.2, 0.25) is 0 Å². The number of aliphatic carboxylic acids is 1. The van der Waals surface area contributed by atoms with E-state index >= 15 is 0 Å². The predicted molar refractivity (Wildman–Crippen MR) is 48.1 cm³/mol. The van der Waals surface area contributed by atoms with Crippen molar-refractivity contribution >= 4 is 17.8 Å². The van der Waals surface area contributed by atoms with Crippen LogP contribution in [0.1, 0.15) is 6.99 Å². The summed E-state index contributed by atoms with van der Waals surface area (Å²) >= 11 is 0. The number of benzene rings is 1. The van der Waals surface area contributed by atoms with Crippen LogP contribution in [0, 0.1) is 5.41 Å². The van der Waals surface area contributed by atoms with E-state index in [2.05, 4.69) is 4.74 Å². The minimum atomic E-state index is -1.72. The summed E-state index contributed by atoms with van der Waals surface area (Å²) in [6, 6.07) is 8.11. The summed E-state index contributed by atoms with van der Waals surface area (Å²) < 4.78 is 4.24. The van der Waals surface area contributed by atoms with Crippen molar-refractivity contribution in [2.75, 3.05) is 0 Å². The molecule has 0 amide bonds. The molecule has 0 aromatic heterocycles. The molecule has 0 atom stereocenters. The topological polar surface area (TPSA) is 87.5 Å². The molecule has 0 radical (unpaired) electrons. The maximum atomic E-state index is 10.6. The zero-order valence-electron chi connectivity index (χ0n) is 9.06. The van der Waals surface area contributed by atoms with Crippen LogP contribution < -0.4 is 29.6 Å². The molecule has 74 valence electrons. The van der Waals surface area contributed by atoms with E-state index < -0.39 is 17.8 Å². The molecule has 1 rings (SSSR count). The quantitative estimate of drug-likeness (QED) is 0.183. The molecule has 0 aliphatic carbocycles. The van der Waals surface area contributed by atoms with Crippen LogP contribution in [-0.4, -0.2) is 22.9 Å². The molecule has 5 nitrogen and oxygen atoms in total. The summed E-state index contributed by atoms with van der Waals surface area (Å²) in [6.45, 7) is 0. The number of carboxylic acids is 1. The van der Waals surface area contributed by atoms with Crippen molar-refractivity contribution in [2.24, 2.45) is 0 Å². The Kier molecular flexibility index (Phi) is 5.84. The molecular weight excluding hydrogens is 209 g/mol. The van der Waals surface area contributed by atoms with Gasteiger partial charge in [0.1, 0.15) is 0 Å². The van der Waals surface area contributed by atoms with Gasteiger partial charge in [-0.3, -0.25) is 5.41 Å². The first-order valence-corrected chi connectivity index (χ1v) is 3.70. The fourth-order valence-electron chi connectivity index (χ4n) is 0.785. The number of carbonyl (C=O) groups is 2. The number of nitrogens with one attached hydrogen (secondary N) is 1. The Morgan fingerprint density at radius 2 is 1.80 bits per heavy atom. The van der Waals surface area contributed by atoms with Crippen LogP contribution in [0.25, 0.3) is 0 Å². The molecule has 0 heterocycles. The summed E-state index contributed by atoms with van der Waals surface area (Å²) in [6.07, 6.45) is 0. The second-order valence-electron chi connectivity index (χ2n) is 2.39. The fraction of sp³-hybridized carbons (Fsp3) is 0. The van der Waals surface area contributed by atoms with Gasteiger partial charge in [0.15, 0.2) is 0 Å². The van der Waals surface area contributed by atoms with Crippen molar-refractivity contribution in [3.63, 3.8) is 0 Å².